The van der Waals surface area contributed by atoms with Crippen LogP contribution in [-0.4, -0.2) is 13.1 Å². The van der Waals surface area contributed by atoms with Gasteiger partial charge in [-0.25, -0.2) is 0 Å². The van der Waals surface area contributed by atoms with Crippen molar-refractivity contribution in [3.05, 3.63) is 33.8 Å². The number of hydrogen-bond donors (Lipinski definition) is 0. The zero-order valence-corrected chi connectivity index (χ0v) is 10.1. The number of carbonyl (C=O) groups excluding carboxylic acids is 1. The van der Waals surface area contributed by atoms with Crippen LogP contribution in [0, 0.1) is 11.3 Å². The van der Waals surface area contributed by atoms with Gasteiger partial charge in [-0.3, -0.25) is 4.79 Å². The molecule has 0 aliphatic carbocycles. The molecule has 0 fully saturated rings. The number of alkyl halides is 1. The Labute approximate surface area is 104 Å². The quantitative estimate of drug-likeness (QED) is 0.618. The minimum Gasteiger partial charge on any atom is -0.469 e. The van der Waals surface area contributed by atoms with E-state index in [0.717, 1.165) is 0 Å². The van der Waals surface area contributed by atoms with Crippen LogP contribution in [0.4, 0.5) is 0 Å². The average Bonchev–Trinajstić information content (AvgIpc) is 2.31. The number of nitrogens with zero attached hydrogens (tertiary/aromatic N) is 1. The Morgan fingerprint density at radius 1 is 1.50 bits per heavy atom. The molecule has 84 valence electrons. The molecule has 1 aromatic rings. The van der Waals surface area contributed by atoms with Crippen LogP contribution in [0.5, 0.6) is 0 Å². The van der Waals surface area contributed by atoms with Crippen molar-refractivity contribution in [1.29, 1.82) is 5.26 Å². The number of nitriles is 1. The molecule has 0 unspecified atom stereocenters. The van der Waals surface area contributed by atoms with Crippen molar-refractivity contribution >= 4 is 29.2 Å². The molecule has 0 bridgehead atoms. The molecule has 1 aromatic carbocycles. The fraction of sp³-hybridized carbons (Fsp3) is 0.273. The summed E-state index contributed by atoms with van der Waals surface area (Å²) in [4.78, 5) is 11.1. The van der Waals surface area contributed by atoms with Crippen molar-refractivity contribution in [3.8, 4) is 6.07 Å². The Balaban J connectivity index is 3.15. The third-order valence-electron chi connectivity index (χ3n) is 2.13. The van der Waals surface area contributed by atoms with E-state index in [4.69, 9.17) is 28.5 Å². The third-order valence-corrected chi connectivity index (χ3v) is 2.85. The Morgan fingerprint density at radius 3 is 2.62 bits per heavy atom. The number of hydrogen-bond acceptors (Lipinski definition) is 3. The zero-order valence-electron chi connectivity index (χ0n) is 8.59. The lowest BCUT2D eigenvalue weighted by Gasteiger charge is -2.07. The molecule has 0 saturated heterocycles. The molecular weight excluding hydrogens is 249 g/mol. The highest BCUT2D eigenvalue weighted by atomic mass is 35.5. The maximum absolute atomic E-state index is 11.1. The molecule has 5 heteroatoms. The molecule has 3 nitrogen and oxygen atoms in total. The SMILES string of the molecule is COC(=O)Cc1ccc(CCl)c(C#N)c1Cl. The van der Waals surface area contributed by atoms with E-state index in [0.29, 0.717) is 16.7 Å². The van der Waals surface area contributed by atoms with Crippen LogP contribution in [0.2, 0.25) is 5.02 Å². The van der Waals surface area contributed by atoms with Gasteiger partial charge in [-0.05, 0) is 11.1 Å². The number of carbonyl (C=O) groups is 1. The number of halogens is 2. The lowest BCUT2D eigenvalue weighted by Crippen LogP contribution is -2.06. The van der Waals surface area contributed by atoms with E-state index in [1.165, 1.54) is 7.11 Å². The van der Waals surface area contributed by atoms with Gasteiger partial charge >= 0.3 is 5.97 Å². The van der Waals surface area contributed by atoms with Crippen molar-refractivity contribution in [1.82, 2.24) is 0 Å². The van der Waals surface area contributed by atoms with E-state index in [-0.39, 0.29) is 17.3 Å². The van der Waals surface area contributed by atoms with Gasteiger partial charge in [0, 0.05) is 5.88 Å². The van der Waals surface area contributed by atoms with Gasteiger partial charge in [0.2, 0.25) is 0 Å². The van der Waals surface area contributed by atoms with Crippen LogP contribution in [0.15, 0.2) is 12.1 Å². The highest BCUT2D eigenvalue weighted by Crippen LogP contribution is 2.25. The Morgan fingerprint density at radius 2 is 2.12 bits per heavy atom. The number of benzene rings is 1. The van der Waals surface area contributed by atoms with Crippen LogP contribution < -0.4 is 0 Å². The topological polar surface area (TPSA) is 50.1 Å². The van der Waals surface area contributed by atoms with E-state index in [2.05, 4.69) is 4.74 Å². The largest absolute Gasteiger partial charge is 0.469 e. The number of esters is 1. The van der Waals surface area contributed by atoms with E-state index in [1.807, 2.05) is 6.07 Å². The first kappa shape index (κ1) is 12.8. The van der Waals surface area contributed by atoms with Crippen molar-refractivity contribution in [2.75, 3.05) is 7.11 Å². The molecule has 0 amide bonds. The second kappa shape index (κ2) is 5.74. The van der Waals surface area contributed by atoms with Gasteiger partial charge in [-0.2, -0.15) is 5.26 Å². The summed E-state index contributed by atoms with van der Waals surface area (Å²) >= 11 is 11.7. The van der Waals surface area contributed by atoms with Gasteiger partial charge < -0.3 is 4.74 Å². The molecule has 0 radical (unpaired) electrons. The van der Waals surface area contributed by atoms with Crippen molar-refractivity contribution in [2.45, 2.75) is 12.3 Å². The summed E-state index contributed by atoms with van der Waals surface area (Å²) in [5.74, 6) is -0.189. The van der Waals surface area contributed by atoms with Crippen LogP contribution in [0.25, 0.3) is 0 Å². The van der Waals surface area contributed by atoms with E-state index in [1.54, 1.807) is 12.1 Å². The monoisotopic (exact) mass is 257 g/mol. The summed E-state index contributed by atoms with van der Waals surface area (Å²) in [6, 6.07) is 5.35. The fourth-order valence-corrected chi connectivity index (χ4v) is 1.77. The Kier molecular flexibility index (Phi) is 4.60. The lowest BCUT2D eigenvalue weighted by molar-refractivity contribution is -0.139. The molecule has 1 rings (SSSR count). The normalized spacial score (nSPS) is 9.62. The smallest absolute Gasteiger partial charge is 0.310 e. The predicted molar refractivity (Wildman–Crippen MR) is 61.4 cm³/mol. The maximum Gasteiger partial charge on any atom is 0.310 e. The first-order valence-electron chi connectivity index (χ1n) is 4.47. The molecule has 0 heterocycles. The van der Waals surface area contributed by atoms with Crippen molar-refractivity contribution < 1.29 is 9.53 Å². The second-order valence-electron chi connectivity index (χ2n) is 3.07. The minimum absolute atomic E-state index is 0.0482. The first-order valence-corrected chi connectivity index (χ1v) is 5.38. The summed E-state index contributed by atoms with van der Waals surface area (Å²) in [7, 11) is 1.30. The molecule has 16 heavy (non-hydrogen) atoms. The Bertz CT molecular complexity index is 452. The summed E-state index contributed by atoms with van der Waals surface area (Å²) in [6.45, 7) is 0. The Hall–Kier alpha value is -1.24. The van der Waals surface area contributed by atoms with Crippen LogP contribution in [0.3, 0.4) is 0 Å². The van der Waals surface area contributed by atoms with Gasteiger partial charge in [-0.15, -0.1) is 11.6 Å². The maximum atomic E-state index is 11.1. The van der Waals surface area contributed by atoms with Crippen molar-refractivity contribution in [3.63, 3.8) is 0 Å². The fourth-order valence-electron chi connectivity index (χ4n) is 1.26. The van der Waals surface area contributed by atoms with Gasteiger partial charge in [0.05, 0.1) is 24.1 Å². The highest BCUT2D eigenvalue weighted by Gasteiger charge is 2.13. The van der Waals surface area contributed by atoms with Crippen LogP contribution >= 0.6 is 23.2 Å². The number of methoxy groups -OCH3 is 1. The van der Waals surface area contributed by atoms with E-state index >= 15 is 0 Å². The minimum atomic E-state index is -0.399. The second-order valence-corrected chi connectivity index (χ2v) is 3.72. The third kappa shape index (κ3) is 2.66. The zero-order chi connectivity index (χ0) is 12.1. The highest BCUT2D eigenvalue weighted by molar-refractivity contribution is 6.33. The molecule has 0 aromatic heterocycles. The van der Waals surface area contributed by atoms with Gasteiger partial charge in [0.15, 0.2) is 0 Å². The standard InChI is InChI=1S/C11H9Cl2NO2/c1-16-10(15)4-7-2-3-8(5-12)9(6-14)11(7)13/h2-3H,4-5H2,1H3. The first-order chi connectivity index (χ1) is 7.63. The summed E-state index contributed by atoms with van der Waals surface area (Å²) < 4.78 is 4.53. The van der Waals surface area contributed by atoms with Crippen LogP contribution in [0.1, 0.15) is 16.7 Å². The molecule has 0 aliphatic rings. The van der Waals surface area contributed by atoms with Gasteiger partial charge in [0.25, 0.3) is 0 Å². The number of rotatable bonds is 3. The van der Waals surface area contributed by atoms with Gasteiger partial charge in [0.1, 0.15) is 6.07 Å². The van der Waals surface area contributed by atoms with E-state index < -0.39 is 5.97 Å². The molecule has 0 saturated carbocycles. The summed E-state index contributed by atoms with van der Waals surface area (Å²) in [5, 5.41) is 9.21. The predicted octanol–water partition coefficient (Wildman–Crippen LogP) is 2.67. The molecular formula is C11H9Cl2NO2. The van der Waals surface area contributed by atoms with Crippen LogP contribution in [-0.2, 0) is 21.8 Å². The summed E-state index contributed by atoms with van der Waals surface area (Å²) in [5.41, 5.74) is 1.54. The number of ether oxygens (including phenoxy) is 1. The summed E-state index contributed by atoms with van der Waals surface area (Å²) in [6.07, 6.45) is 0.0482. The van der Waals surface area contributed by atoms with Crippen molar-refractivity contribution in [2.24, 2.45) is 0 Å². The van der Waals surface area contributed by atoms with Gasteiger partial charge in [-0.1, -0.05) is 23.7 Å². The average molecular weight is 258 g/mol. The lowest BCUT2D eigenvalue weighted by atomic mass is 10.0. The molecule has 0 atom stereocenters. The molecule has 0 spiro atoms. The molecule has 0 aliphatic heterocycles. The molecule has 0 N–H and O–H groups in total. The van der Waals surface area contributed by atoms with E-state index in [9.17, 15) is 4.79 Å².